The predicted molar refractivity (Wildman–Crippen MR) is 65.7 cm³/mol. The molecular weight excluding hydrogens is 265 g/mol. The average Bonchev–Trinajstić information content (AvgIpc) is 2.28. The monoisotopic (exact) mass is 278 g/mol. The van der Waals surface area contributed by atoms with E-state index in [2.05, 4.69) is 10.6 Å². The van der Waals surface area contributed by atoms with Crippen molar-refractivity contribution in [1.29, 1.82) is 0 Å². The summed E-state index contributed by atoms with van der Waals surface area (Å²) in [7, 11) is 1.59. The molecule has 1 aromatic carbocycles. The first-order valence-corrected chi connectivity index (χ1v) is 6.16. The van der Waals surface area contributed by atoms with Crippen LogP contribution in [0.4, 0.5) is 18.9 Å². The first-order chi connectivity index (χ1) is 8.52. The van der Waals surface area contributed by atoms with Crippen LogP contribution in [0.25, 0.3) is 0 Å². The van der Waals surface area contributed by atoms with E-state index >= 15 is 0 Å². The molecule has 0 unspecified atom stereocenters. The minimum Gasteiger partial charge on any atom is -0.324 e. The fourth-order valence-electron chi connectivity index (χ4n) is 1.23. The van der Waals surface area contributed by atoms with Gasteiger partial charge in [-0.1, -0.05) is 0 Å². The van der Waals surface area contributed by atoms with Gasteiger partial charge in [-0.05, 0) is 25.2 Å². The van der Waals surface area contributed by atoms with E-state index in [1.54, 1.807) is 7.05 Å². The van der Waals surface area contributed by atoms with Gasteiger partial charge in [-0.25, -0.2) is 13.2 Å². The summed E-state index contributed by atoms with van der Waals surface area (Å²) in [4.78, 5) is 11.8. The van der Waals surface area contributed by atoms with Crippen molar-refractivity contribution in [3.05, 3.63) is 24.0 Å². The SMILES string of the molecule is CNCC(=O)Nc1cc(F)ccc1SCC(F)F. The lowest BCUT2D eigenvalue weighted by Gasteiger charge is -2.10. The number of halogens is 3. The minimum atomic E-state index is -2.46. The minimum absolute atomic E-state index is 0.0649. The number of rotatable bonds is 6. The van der Waals surface area contributed by atoms with E-state index in [4.69, 9.17) is 0 Å². The number of hydrogen-bond donors (Lipinski definition) is 2. The van der Waals surface area contributed by atoms with Gasteiger partial charge in [0.25, 0.3) is 0 Å². The Bertz CT molecular complexity index is 415. The van der Waals surface area contributed by atoms with Gasteiger partial charge in [0.1, 0.15) is 5.82 Å². The Balaban J connectivity index is 2.79. The number of carbonyl (C=O) groups is 1. The molecule has 1 amide bonds. The molecule has 7 heteroatoms. The smallest absolute Gasteiger partial charge is 0.247 e. The van der Waals surface area contributed by atoms with E-state index in [0.29, 0.717) is 4.90 Å². The summed E-state index contributed by atoms with van der Waals surface area (Å²) in [5, 5.41) is 5.11. The molecule has 0 aromatic heterocycles. The first kappa shape index (κ1) is 14.8. The van der Waals surface area contributed by atoms with Gasteiger partial charge in [0.15, 0.2) is 0 Å². The predicted octanol–water partition coefficient (Wildman–Crippen LogP) is 2.34. The molecule has 0 heterocycles. The van der Waals surface area contributed by atoms with Crippen molar-refractivity contribution in [1.82, 2.24) is 5.32 Å². The number of anilines is 1. The summed E-state index contributed by atoms with van der Waals surface area (Å²) < 4.78 is 37.3. The first-order valence-electron chi connectivity index (χ1n) is 5.18. The lowest BCUT2D eigenvalue weighted by atomic mass is 10.3. The van der Waals surface area contributed by atoms with Crippen molar-refractivity contribution < 1.29 is 18.0 Å². The molecule has 0 atom stereocenters. The molecule has 0 aliphatic rings. The summed E-state index contributed by atoms with van der Waals surface area (Å²) in [6.07, 6.45) is -2.46. The maximum atomic E-state index is 13.1. The Labute approximate surface area is 107 Å². The number of amides is 1. The number of likely N-dealkylation sites (N-methyl/N-ethyl adjacent to an activating group) is 1. The zero-order valence-electron chi connectivity index (χ0n) is 9.67. The van der Waals surface area contributed by atoms with Crippen LogP contribution in [0.1, 0.15) is 0 Å². The highest BCUT2D eigenvalue weighted by molar-refractivity contribution is 7.99. The summed E-state index contributed by atoms with van der Waals surface area (Å²) in [6, 6.07) is 3.65. The van der Waals surface area contributed by atoms with Crippen LogP contribution in [0.3, 0.4) is 0 Å². The highest BCUT2D eigenvalue weighted by Gasteiger charge is 2.11. The molecule has 0 saturated carbocycles. The average molecular weight is 278 g/mol. The number of nitrogens with one attached hydrogen (secondary N) is 2. The fourth-order valence-corrected chi connectivity index (χ4v) is 1.97. The second-order valence-corrected chi connectivity index (χ2v) is 4.48. The lowest BCUT2D eigenvalue weighted by Crippen LogP contribution is -2.25. The second-order valence-electron chi connectivity index (χ2n) is 3.42. The lowest BCUT2D eigenvalue weighted by molar-refractivity contribution is -0.115. The number of benzene rings is 1. The van der Waals surface area contributed by atoms with Crippen LogP contribution >= 0.6 is 11.8 Å². The van der Waals surface area contributed by atoms with Gasteiger partial charge in [0.2, 0.25) is 12.3 Å². The number of carbonyl (C=O) groups excluding carboxylic acids is 1. The maximum absolute atomic E-state index is 13.1. The fraction of sp³-hybridized carbons (Fsp3) is 0.364. The van der Waals surface area contributed by atoms with Gasteiger partial charge < -0.3 is 10.6 Å². The zero-order chi connectivity index (χ0) is 13.5. The molecular formula is C11H13F3N2OS. The highest BCUT2D eigenvalue weighted by atomic mass is 32.2. The second kappa shape index (κ2) is 7.27. The van der Waals surface area contributed by atoms with Crippen molar-refractivity contribution in [2.75, 3.05) is 24.7 Å². The van der Waals surface area contributed by atoms with Crippen molar-refractivity contribution in [3.63, 3.8) is 0 Å². The van der Waals surface area contributed by atoms with Crippen molar-refractivity contribution in [2.24, 2.45) is 0 Å². The molecule has 0 bridgehead atoms. The molecule has 100 valence electrons. The van der Waals surface area contributed by atoms with Crippen molar-refractivity contribution in [2.45, 2.75) is 11.3 Å². The molecule has 0 fully saturated rings. The third-order valence-corrected chi connectivity index (χ3v) is 3.00. The van der Waals surface area contributed by atoms with Crippen molar-refractivity contribution in [3.8, 4) is 0 Å². The third kappa shape index (κ3) is 4.97. The van der Waals surface area contributed by atoms with Gasteiger partial charge in [-0.2, -0.15) is 0 Å². The topological polar surface area (TPSA) is 41.1 Å². The van der Waals surface area contributed by atoms with E-state index in [-0.39, 0.29) is 18.1 Å². The molecule has 0 aliphatic heterocycles. The van der Waals surface area contributed by atoms with E-state index < -0.39 is 18.0 Å². The van der Waals surface area contributed by atoms with Crippen LogP contribution in [0, 0.1) is 5.82 Å². The van der Waals surface area contributed by atoms with Crippen LogP contribution in [-0.4, -0.2) is 31.7 Å². The highest BCUT2D eigenvalue weighted by Crippen LogP contribution is 2.29. The molecule has 1 rings (SSSR count). The summed E-state index contributed by atoms with van der Waals surface area (Å²) in [6.45, 7) is 0.0649. The van der Waals surface area contributed by atoms with Crippen LogP contribution in [0.15, 0.2) is 23.1 Å². The Kier molecular flexibility index (Phi) is 6.00. The molecule has 0 saturated heterocycles. The zero-order valence-corrected chi connectivity index (χ0v) is 10.5. The number of alkyl halides is 2. The van der Waals surface area contributed by atoms with Gasteiger partial charge in [0, 0.05) is 4.90 Å². The van der Waals surface area contributed by atoms with E-state index in [1.807, 2.05) is 0 Å². The molecule has 0 aliphatic carbocycles. The van der Waals surface area contributed by atoms with Crippen LogP contribution in [0.2, 0.25) is 0 Å². The molecule has 1 aromatic rings. The van der Waals surface area contributed by atoms with E-state index in [0.717, 1.165) is 17.8 Å². The van der Waals surface area contributed by atoms with Gasteiger partial charge in [-0.15, -0.1) is 11.8 Å². The summed E-state index contributed by atoms with van der Waals surface area (Å²) in [5.41, 5.74) is 0.209. The van der Waals surface area contributed by atoms with Crippen LogP contribution < -0.4 is 10.6 Å². The number of hydrogen-bond acceptors (Lipinski definition) is 3. The normalized spacial score (nSPS) is 10.7. The Morgan fingerprint density at radius 2 is 2.17 bits per heavy atom. The largest absolute Gasteiger partial charge is 0.324 e. The third-order valence-electron chi connectivity index (χ3n) is 1.92. The molecule has 0 radical (unpaired) electrons. The van der Waals surface area contributed by atoms with Gasteiger partial charge >= 0.3 is 0 Å². The quantitative estimate of drug-likeness (QED) is 0.785. The molecule has 0 spiro atoms. The number of thioether (sulfide) groups is 1. The molecule has 2 N–H and O–H groups in total. The Morgan fingerprint density at radius 1 is 1.44 bits per heavy atom. The van der Waals surface area contributed by atoms with Crippen LogP contribution in [0.5, 0.6) is 0 Å². The molecule has 18 heavy (non-hydrogen) atoms. The Hall–Kier alpha value is -1.21. The van der Waals surface area contributed by atoms with E-state index in [1.165, 1.54) is 12.1 Å². The Morgan fingerprint density at radius 3 is 2.78 bits per heavy atom. The van der Waals surface area contributed by atoms with Crippen LogP contribution in [-0.2, 0) is 4.79 Å². The van der Waals surface area contributed by atoms with Gasteiger partial charge in [0.05, 0.1) is 18.0 Å². The summed E-state index contributed by atoms with van der Waals surface area (Å²) >= 11 is 0.872. The van der Waals surface area contributed by atoms with Gasteiger partial charge in [-0.3, -0.25) is 4.79 Å². The molecule has 3 nitrogen and oxygen atoms in total. The standard InChI is InChI=1S/C11H13F3N2OS/c1-15-5-11(17)16-8-4-7(12)2-3-9(8)18-6-10(13)14/h2-4,10,15H,5-6H2,1H3,(H,16,17). The maximum Gasteiger partial charge on any atom is 0.247 e. The van der Waals surface area contributed by atoms with E-state index in [9.17, 15) is 18.0 Å². The van der Waals surface area contributed by atoms with Crippen molar-refractivity contribution >= 4 is 23.4 Å². The summed E-state index contributed by atoms with van der Waals surface area (Å²) in [5.74, 6) is -1.29.